The molecule has 0 bridgehead atoms. The second-order valence-electron chi connectivity index (χ2n) is 3.59. The van der Waals surface area contributed by atoms with Crippen molar-refractivity contribution < 1.29 is 9.53 Å². The number of piperazine rings is 1. The molecular formula is C10H20N2O2. The van der Waals surface area contributed by atoms with Crippen molar-refractivity contribution in [2.75, 3.05) is 32.8 Å². The topological polar surface area (TPSA) is 41.6 Å². The highest BCUT2D eigenvalue weighted by Gasteiger charge is 2.22. The highest BCUT2D eigenvalue weighted by atomic mass is 16.5. The average Bonchev–Trinajstić information content (AvgIpc) is 2.18. The molecule has 0 radical (unpaired) electrons. The number of amides is 1. The zero-order valence-corrected chi connectivity index (χ0v) is 9.08. The second-order valence-corrected chi connectivity index (χ2v) is 3.59. The lowest BCUT2D eigenvalue weighted by Gasteiger charge is -2.34. The minimum Gasteiger partial charge on any atom is -0.381 e. The lowest BCUT2D eigenvalue weighted by molar-refractivity contribution is -0.135. The summed E-state index contributed by atoms with van der Waals surface area (Å²) in [5, 5.41) is 3.26. The number of carbonyl (C=O) groups is 1. The number of nitrogens with one attached hydrogen (secondary N) is 1. The summed E-state index contributed by atoms with van der Waals surface area (Å²) in [6.07, 6.45) is 0.512. The van der Waals surface area contributed by atoms with E-state index in [9.17, 15) is 4.79 Å². The molecule has 1 fully saturated rings. The fourth-order valence-electron chi connectivity index (χ4n) is 1.66. The molecule has 82 valence electrons. The Kier molecular flexibility index (Phi) is 4.90. The van der Waals surface area contributed by atoms with Gasteiger partial charge < -0.3 is 15.0 Å². The number of carbonyl (C=O) groups excluding carboxylic acids is 1. The summed E-state index contributed by atoms with van der Waals surface area (Å²) in [4.78, 5) is 13.6. The van der Waals surface area contributed by atoms with Gasteiger partial charge in [-0.15, -0.1) is 0 Å². The maximum atomic E-state index is 11.7. The Morgan fingerprint density at radius 3 is 3.07 bits per heavy atom. The number of hydrogen-bond acceptors (Lipinski definition) is 3. The van der Waals surface area contributed by atoms with E-state index in [0.717, 1.165) is 19.6 Å². The Morgan fingerprint density at radius 2 is 2.43 bits per heavy atom. The van der Waals surface area contributed by atoms with Crippen molar-refractivity contribution in [2.24, 2.45) is 0 Å². The maximum Gasteiger partial charge on any atom is 0.225 e. The molecule has 4 nitrogen and oxygen atoms in total. The van der Waals surface area contributed by atoms with Crippen molar-refractivity contribution in [3.8, 4) is 0 Å². The number of nitrogens with zero attached hydrogens (tertiary/aromatic N) is 1. The molecule has 0 saturated carbocycles. The molecule has 1 atom stereocenters. The summed E-state index contributed by atoms with van der Waals surface area (Å²) in [6, 6.07) is 0.317. The first-order valence-corrected chi connectivity index (χ1v) is 5.33. The molecule has 1 N–H and O–H groups in total. The maximum absolute atomic E-state index is 11.7. The van der Waals surface area contributed by atoms with Gasteiger partial charge in [-0.05, 0) is 13.8 Å². The van der Waals surface area contributed by atoms with Gasteiger partial charge in [-0.2, -0.15) is 0 Å². The Balaban J connectivity index is 2.27. The first-order chi connectivity index (χ1) is 6.75. The van der Waals surface area contributed by atoms with Gasteiger partial charge in [0, 0.05) is 32.3 Å². The molecule has 4 heteroatoms. The third-order valence-corrected chi connectivity index (χ3v) is 2.49. The molecule has 1 heterocycles. The van der Waals surface area contributed by atoms with E-state index < -0.39 is 0 Å². The Bertz CT molecular complexity index is 185. The van der Waals surface area contributed by atoms with Crippen LogP contribution in [0.5, 0.6) is 0 Å². The van der Waals surface area contributed by atoms with E-state index in [0.29, 0.717) is 25.7 Å². The third kappa shape index (κ3) is 3.27. The summed E-state index contributed by atoms with van der Waals surface area (Å²) in [6.45, 7) is 7.89. The molecule has 1 aliphatic heterocycles. The second kappa shape index (κ2) is 5.98. The lowest BCUT2D eigenvalue weighted by atomic mass is 10.2. The van der Waals surface area contributed by atoms with E-state index in [1.54, 1.807) is 0 Å². The van der Waals surface area contributed by atoms with Gasteiger partial charge >= 0.3 is 0 Å². The van der Waals surface area contributed by atoms with Crippen LogP contribution in [-0.4, -0.2) is 49.7 Å². The van der Waals surface area contributed by atoms with Gasteiger partial charge in [0.15, 0.2) is 0 Å². The standard InChI is InChI=1S/C10H20N2O2/c1-3-14-7-4-10(13)12-6-5-11-8-9(12)2/h9,11H,3-8H2,1-2H3/t9-/m1/s1. The molecule has 0 spiro atoms. The Hall–Kier alpha value is -0.610. The normalized spacial score (nSPS) is 22.4. The van der Waals surface area contributed by atoms with Crippen LogP contribution in [0.1, 0.15) is 20.3 Å². The van der Waals surface area contributed by atoms with Crippen LogP contribution in [0.2, 0.25) is 0 Å². The van der Waals surface area contributed by atoms with E-state index in [1.165, 1.54) is 0 Å². The third-order valence-electron chi connectivity index (χ3n) is 2.49. The van der Waals surface area contributed by atoms with E-state index in [1.807, 2.05) is 11.8 Å². The molecule has 0 aromatic heterocycles. The van der Waals surface area contributed by atoms with Crippen LogP contribution >= 0.6 is 0 Å². The molecule has 1 rings (SSSR count). The van der Waals surface area contributed by atoms with Crippen LogP contribution in [0.3, 0.4) is 0 Å². The Labute approximate surface area is 85.6 Å². The van der Waals surface area contributed by atoms with Crippen molar-refractivity contribution in [3.05, 3.63) is 0 Å². The predicted molar refractivity (Wildman–Crippen MR) is 55.2 cm³/mol. The monoisotopic (exact) mass is 200 g/mol. The average molecular weight is 200 g/mol. The predicted octanol–water partition coefficient (Wildman–Crippen LogP) is 0.233. The van der Waals surface area contributed by atoms with E-state index in [4.69, 9.17) is 4.74 Å². The first-order valence-electron chi connectivity index (χ1n) is 5.33. The molecule has 1 saturated heterocycles. The summed E-state index contributed by atoms with van der Waals surface area (Å²) in [5.41, 5.74) is 0. The van der Waals surface area contributed by atoms with Crippen LogP contribution in [0, 0.1) is 0 Å². The van der Waals surface area contributed by atoms with Crippen LogP contribution in [0.4, 0.5) is 0 Å². The Morgan fingerprint density at radius 1 is 1.64 bits per heavy atom. The molecule has 14 heavy (non-hydrogen) atoms. The van der Waals surface area contributed by atoms with Crippen molar-refractivity contribution in [2.45, 2.75) is 26.3 Å². The lowest BCUT2D eigenvalue weighted by Crippen LogP contribution is -2.52. The van der Waals surface area contributed by atoms with Gasteiger partial charge in [0.25, 0.3) is 0 Å². The highest BCUT2D eigenvalue weighted by Crippen LogP contribution is 2.04. The number of ether oxygens (including phenoxy) is 1. The van der Waals surface area contributed by atoms with Crippen molar-refractivity contribution in [1.82, 2.24) is 10.2 Å². The minimum atomic E-state index is 0.215. The van der Waals surface area contributed by atoms with Gasteiger partial charge in [-0.3, -0.25) is 4.79 Å². The van der Waals surface area contributed by atoms with Crippen molar-refractivity contribution >= 4 is 5.91 Å². The molecule has 0 unspecified atom stereocenters. The van der Waals surface area contributed by atoms with Gasteiger partial charge in [0.2, 0.25) is 5.91 Å². The molecule has 0 aromatic carbocycles. The summed E-state index contributed by atoms with van der Waals surface area (Å²) in [7, 11) is 0. The summed E-state index contributed by atoms with van der Waals surface area (Å²) < 4.78 is 5.17. The molecule has 1 amide bonds. The molecule has 0 aliphatic carbocycles. The van der Waals surface area contributed by atoms with E-state index in [2.05, 4.69) is 12.2 Å². The van der Waals surface area contributed by atoms with Crippen molar-refractivity contribution in [3.63, 3.8) is 0 Å². The van der Waals surface area contributed by atoms with Crippen molar-refractivity contribution in [1.29, 1.82) is 0 Å². The molecular weight excluding hydrogens is 180 g/mol. The first kappa shape index (κ1) is 11.5. The summed E-state index contributed by atoms with van der Waals surface area (Å²) >= 11 is 0. The van der Waals surface area contributed by atoms with E-state index in [-0.39, 0.29) is 5.91 Å². The number of rotatable bonds is 4. The smallest absolute Gasteiger partial charge is 0.225 e. The highest BCUT2D eigenvalue weighted by molar-refractivity contribution is 5.76. The van der Waals surface area contributed by atoms with Crippen LogP contribution in [-0.2, 0) is 9.53 Å². The largest absolute Gasteiger partial charge is 0.381 e. The SMILES string of the molecule is CCOCCC(=O)N1CCNC[C@H]1C. The summed E-state index contributed by atoms with van der Waals surface area (Å²) in [5.74, 6) is 0.215. The van der Waals surface area contributed by atoms with Crippen LogP contribution in [0.15, 0.2) is 0 Å². The zero-order chi connectivity index (χ0) is 10.4. The van der Waals surface area contributed by atoms with Gasteiger partial charge in [0.1, 0.15) is 0 Å². The minimum absolute atomic E-state index is 0.215. The zero-order valence-electron chi connectivity index (χ0n) is 9.08. The fourth-order valence-corrected chi connectivity index (χ4v) is 1.66. The van der Waals surface area contributed by atoms with Crippen LogP contribution < -0.4 is 5.32 Å². The fraction of sp³-hybridized carbons (Fsp3) is 0.900. The number of hydrogen-bond donors (Lipinski definition) is 1. The van der Waals surface area contributed by atoms with E-state index >= 15 is 0 Å². The quantitative estimate of drug-likeness (QED) is 0.661. The molecule has 1 aliphatic rings. The van der Waals surface area contributed by atoms with Crippen LogP contribution in [0.25, 0.3) is 0 Å². The van der Waals surface area contributed by atoms with Gasteiger partial charge in [-0.1, -0.05) is 0 Å². The van der Waals surface area contributed by atoms with Gasteiger partial charge in [-0.25, -0.2) is 0 Å². The molecule has 0 aromatic rings. The van der Waals surface area contributed by atoms with Gasteiger partial charge in [0.05, 0.1) is 13.0 Å².